The SMILES string of the molecule is CC(C)(C)[Si](C)(C)OC1CC(=CCO)C[C@@H](O[Si](C)(C)C(C)(C)C)C1. The fraction of sp³-hybridized carbons (Fsp3) is 0.900. The normalized spacial score (nSPS) is 25.5. The molecule has 0 heterocycles. The van der Waals surface area contributed by atoms with Crippen molar-refractivity contribution in [3.8, 4) is 0 Å². The van der Waals surface area contributed by atoms with Crippen LogP contribution in [0.15, 0.2) is 11.6 Å². The maximum absolute atomic E-state index is 9.37. The third-order valence-corrected chi connectivity index (χ3v) is 15.5. The maximum atomic E-state index is 9.37. The molecule has 0 aliphatic heterocycles. The van der Waals surface area contributed by atoms with E-state index in [-0.39, 0.29) is 28.9 Å². The Balaban J connectivity index is 2.94. The predicted octanol–water partition coefficient (Wildman–Crippen LogP) is 5.87. The highest BCUT2D eigenvalue weighted by Crippen LogP contribution is 2.42. The van der Waals surface area contributed by atoms with Crippen LogP contribution in [0.25, 0.3) is 0 Å². The predicted molar refractivity (Wildman–Crippen MR) is 113 cm³/mol. The highest BCUT2D eigenvalue weighted by Gasteiger charge is 2.43. The van der Waals surface area contributed by atoms with E-state index in [2.05, 4.69) is 67.7 Å². The van der Waals surface area contributed by atoms with Gasteiger partial charge in [0, 0.05) is 0 Å². The zero-order valence-electron chi connectivity index (χ0n) is 18.3. The van der Waals surface area contributed by atoms with Crippen LogP contribution in [-0.2, 0) is 8.85 Å². The van der Waals surface area contributed by atoms with E-state index in [0.29, 0.717) is 0 Å². The summed E-state index contributed by atoms with van der Waals surface area (Å²) in [6.45, 7) is 23.1. The summed E-state index contributed by atoms with van der Waals surface area (Å²) < 4.78 is 13.4. The van der Waals surface area contributed by atoms with Crippen molar-refractivity contribution in [1.82, 2.24) is 0 Å². The molecule has 1 saturated carbocycles. The Morgan fingerprint density at radius 1 is 0.880 bits per heavy atom. The molecule has 0 amide bonds. The van der Waals surface area contributed by atoms with Gasteiger partial charge in [-0.3, -0.25) is 0 Å². The van der Waals surface area contributed by atoms with Crippen molar-refractivity contribution >= 4 is 16.6 Å². The van der Waals surface area contributed by atoms with Crippen LogP contribution in [0.3, 0.4) is 0 Å². The molecule has 1 aliphatic carbocycles. The Morgan fingerprint density at radius 3 is 1.52 bits per heavy atom. The molecule has 0 bridgehead atoms. The first-order valence-electron chi connectivity index (χ1n) is 9.73. The van der Waals surface area contributed by atoms with E-state index in [1.165, 1.54) is 5.57 Å². The maximum Gasteiger partial charge on any atom is 0.192 e. The number of aliphatic hydroxyl groups excluding tert-OH is 1. The molecule has 0 radical (unpaired) electrons. The summed E-state index contributed by atoms with van der Waals surface area (Å²) in [7, 11) is -3.61. The van der Waals surface area contributed by atoms with Crippen LogP contribution in [0.1, 0.15) is 60.8 Å². The Labute approximate surface area is 158 Å². The van der Waals surface area contributed by atoms with Crippen molar-refractivity contribution in [3.63, 3.8) is 0 Å². The second-order valence-electron chi connectivity index (χ2n) is 10.7. The van der Waals surface area contributed by atoms with Crippen molar-refractivity contribution in [3.05, 3.63) is 11.6 Å². The average Bonchev–Trinajstić information content (AvgIpc) is 2.34. The van der Waals surface area contributed by atoms with Crippen LogP contribution < -0.4 is 0 Å². The second kappa shape index (κ2) is 7.97. The van der Waals surface area contributed by atoms with Gasteiger partial charge >= 0.3 is 0 Å². The van der Waals surface area contributed by atoms with Crippen LogP contribution in [-0.4, -0.2) is 40.6 Å². The first-order chi connectivity index (χ1) is 11.1. The van der Waals surface area contributed by atoms with Gasteiger partial charge < -0.3 is 14.0 Å². The summed E-state index contributed by atoms with van der Waals surface area (Å²) in [4.78, 5) is 0. The quantitative estimate of drug-likeness (QED) is 0.474. The third kappa shape index (κ3) is 6.31. The molecule has 1 unspecified atom stereocenters. The minimum absolute atomic E-state index is 0.106. The summed E-state index contributed by atoms with van der Waals surface area (Å²) >= 11 is 0. The van der Waals surface area contributed by atoms with E-state index < -0.39 is 16.6 Å². The minimum Gasteiger partial charge on any atom is -0.414 e. The molecule has 2 atom stereocenters. The number of rotatable bonds is 5. The topological polar surface area (TPSA) is 38.7 Å². The first-order valence-corrected chi connectivity index (χ1v) is 15.5. The largest absolute Gasteiger partial charge is 0.414 e. The molecular formula is C20H42O3Si2. The summed E-state index contributed by atoms with van der Waals surface area (Å²) in [5.41, 5.74) is 1.29. The number of aliphatic hydroxyl groups is 1. The molecule has 1 N–H and O–H groups in total. The van der Waals surface area contributed by atoms with Crippen LogP contribution in [0.2, 0.25) is 36.3 Å². The molecule has 0 aromatic carbocycles. The van der Waals surface area contributed by atoms with Crippen LogP contribution in [0.5, 0.6) is 0 Å². The Morgan fingerprint density at radius 2 is 1.24 bits per heavy atom. The first kappa shape index (κ1) is 23.1. The second-order valence-corrected chi connectivity index (χ2v) is 20.2. The zero-order chi connectivity index (χ0) is 19.7. The lowest BCUT2D eigenvalue weighted by atomic mass is 9.90. The van der Waals surface area contributed by atoms with Gasteiger partial charge in [-0.05, 0) is 55.5 Å². The van der Waals surface area contributed by atoms with Gasteiger partial charge in [-0.1, -0.05) is 53.2 Å². The van der Waals surface area contributed by atoms with E-state index >= 15 is 0 Å². The van der Waals surface area contributed by atoms with Crippen molar-refractivity contribution < 1.29 is 14.0 Å². The van der Waals surface area contributed by atoms with E-state index in [1.54, 1.807) is 0 Å². The van der Waals surface area contributed by atoms with E-state index in [0.717, 1.165) is 19.3 Å². The van der Waals surface area contributed by atoms with Crippen molar-refractivity contribution in [2.45, 2.75) is 109 Å². The molecule has 148 valence electrons. The van der Waals surface area contributed by atoms with Crippen molar-refractivity contribution in [2.24, 2.45) is 0 Å². The standard InChI is InChI=1S/C20H42O3Si2/c1-19(2,3)24(7,8)22-17-13-16(11-12-21)14-18(15-17)23-25(9,10)20(4,5)6/h11,17-18,21H,12-15H2,1-10H3/t17-,18?/m1/s1. The lowest BCUT2D eigenvalue weighted by molar-refractivity contribution is 0.0722. The zero-order valence-corrected chi connectivity index (χ0v) is 20.3. The van der Waals surface area contributed by atoms with Gasteiger partial charge in [0.1, 0.15) is 0 Å². The summed E-state index contributed by atoms with van der Waals surface area (Å²) in [5.74, 6) is 0. The van der Waals surface area contributed by atoms with Crippen molar-refractivity contribution in [1.29, 1.82) is 0 Å². The Bertz CT molecular complexity index is 432. The Hall–Kier alpha value is 0.0538. The van der Waals surface area contributed by atoms with E-state index in [9.17, 15) is 5.11 Å². The summed E-state index contributed by atoms with van der Waals surface area (Å²) in [6.07, 6.45) is 5.23. The van der Waals surface area contributed by atoms with E-state index in [1.807, 2.05) is 6.08 Å². The average molecular weight is 387 g/mol. The molecule has 0 aromatic rings. The van der Waals surface area contributed by atoms with Gasteiger partial charge in [0.05, 0.1) is 18.8 Å². The number of hydrogen-bond donors (Lipinski definition) is 1. The number of hydrogen-bond acceptors (Lipinski definition) is 3. The highest BCUT2D eigenvalue weighted by atomic mass is 28.4. The minimum atomic E-state index is -1.80. The molecule has 1 aliphatic rings. The lowest BCUT2D eigenvalue weighted by Gasteiger charge is -2.45. The van der Waals surface area contributed by atoms with Gasteiger partial charge in [-0.25, -0.2) is 0 Å². The summed E-state index contributed by atoms with van der Waals surface area (Å²) in [6, 6.07) is 0. The van der Waals surface area contributed by atoms with Crippen LogP contribution in [0.4, 0.5) is 0 Å². The molecule has 0 aromatic heterocycles. The third-order valence-electron chi connectivity index (χ3n) is 6.42. The van der Waals surface area contributed by atoms with Crippen LogP contribution in [0, 0.1) is 0 Å². The molecule has 25 heavy (non-hydrogen) atoms. The van der Waals surface area contributed by atoms with Crippen LogP contribution >= 0.6 is 0 Å². The fourth-order valence-electron chi connectivity index (χ4n) is 2.79. The summed E-state index contributed by atoms with van der Waals surface area (Å²) in [5, 5.41) is 9.79. The van der Waals surface area contributed by atoms with Gasteiger partial charge in [0.2, 0.25) is 0 Å². The van der Waals surface area contributed by atoms with Gasteiger partial charge in [-0.2, -0.15) is 0 Å². The van der Waals surface area contributed by atoms with Gasteiger partial charge in [0.15, 0.2) is 16.6 Å². The van der Waals surface area contributed by atoms with E-state index in [4.69, 9.17) is 8.85 Å². The molecule has 1 fully saturated rings. The fourth-order valence-corrected chi connectivity index (χ4v) is 5.52. The lowest BCUT2D eigenvalue weighted by Crippen LogP contribution is -2.48. The molecule has 3 nitrogen and oxygen atoms in total. The monoisotopic (exact) mass is 386 g/mol. The molecule has 1 rings (SSSR count). The van der Waals surface area contributed by atoms with Gasteiger partial charge in [-0.15, -0.1) is 0 Å². The molecular weight excluding hydrogens is 344 g/mol. The smallest absolute Gasteiger partial charge is 0.192 e. The molecule has 5 heteroatoms. The highest BCUT2D eigenvalue weighted by molar-refractivity contribution is 6.74. The van der Waals surface area contributed by atoms with Gasteiger partial charge in [0.25, 0.3) is 0 Å². The van der Waals surface area contributed by atoms with Crippen molar-refractivity contribution in [2.75, 3.05) is 6.61 Å². The molecule has 0 spiro atoms. The Kier molecular flexibility index (Phi) is 7.36. The molecule has 0 saturated heterocycles.